The van der Waals surface area contributed by atoms with E-state index in [-0.39, 0.29) is 17.9 Å². The molecule has 2 N–H and O–H groups in total. The molecule has 1 heterocycles. The molecule has 4 rings (SSSR count). The first-order valence-electron chi connectivity index (χ1n) is 10.6. The quantitative estimate of drug-likeness (QED) is 0.476. The predicted octanol–water partition coefficient (Wildman–Crippen LogP) is 4.34. The second-order valence-electron chi connectivity index (χ2n) is 7.97. The summed E-state index contributed by atoms with van der Waals surface area (Å²) in [6.45, 7) is 4.21. The van der Waals surface area contributed by atoms with Gasteiger partial charge in [-0.15, -0.1) is 0 Å². The Balaban J connectivity index is 1.92. The molecule has 170 valence electrons. The molecule has 0 radical (unpaired) electrons. The van der Waals surface area contributed by atoms with Crippen LogP contribution in [-0.2, 0) is 13.1 Å². The normalized spacial score (nSPS) is 11.1. The highest BCUT2D eigenvalue weighted by Crippen LogP contribution is 2.31. The molecule has 33 heavy (non-hydrogen) atoms. The maximum atomic E-state index is 13.7. The van der Waals surface area contributed by atoms with Crippen LogP contribution in [0, 0.1) is 19.7 Å². The molecule has 0 bridgehead atoms. The number of hydrogen-bond donors (Lipinski definition) is 1. The van der Waals surface area contributed by atoms with Gasteiger partial charge in [0.05, 0.1) is 31.7 Å². The number of nitrogens with two attached hydrogens (primary N) is 1. The van der Waals surface area contributed by atoms with E-state index in [1.165, 1.54) is 12.1 Å². The van der Waals surface area contributed by atoms with Crippen LogP contribution in [0.25, 0.3) is 22.0 Å². The summed E-state index contributed by atoms with van der Waals surface area (Å²) in [6, 6.07) is 13.8. The van der Waals surface area contributed by atoms with E-state index in [0.29, 0.717) is 34.8 Å². The van der Waals surface area contributed by atoms with E-state index in [9.17, 15) is 9.18 Å². The zero-order chi connectivity index (χ0) is 23.7. The number of halogens is 1. The maximum absolute atomic E-state index is 13.7. The average Bonchev–Trinajstić information content (AvgIpc) is 2.81. The number of ether oxygens (including phenoxy) is 2. The van der Waals surface area contributed by atoms with Crippen LogP contribution in [0.1, 0.15) is 22.5 Å². The van der Waals surface area contributed by atoms with Crippen LogP contribution >= 0.6 is 0 Å². The summed E-state index contributed by atoms with van der Waals surface area (Å²) in [4.78, 5) is 18.4. The summed E-state index contributed by atoms with van der Waals surface area (Å²) in [5.41, 5.74) is 10.3. The van der Waals surface area contributed by atoms with E-state index < -0.39 is 0 Å². The fourth-order valence-corrected chi connectivity index (χ4v) is 4.07. The van der Waals surface area contributed by atoms with E-state index >= 15 is 0 Å². The third-order valence-electron chi connectivity index (χ3n) is 5.78. The molecule has 3 aromatic carbocycles. The van der Waals surface area contributed by atoms with E-state index in [4.69, 9.17) is 20.2 Å². The third kappa shape index (κ3) is 4.32. The first-order chi connectivity index (χ1) is 15.8. The van der Waals surface area contributed by atoms with Gasteiger partial charge in [-0.05, 0) is 72.5 Å². The predicted molar refractivity (Wildman–Crippen MR) is 127 cm³/mol. The molecule has 0 aliphatic heterocycles. The van der Waals surface area contributed by atoms with Crippen molar-refractivity contribution in [3.8, 4) is 22.6 Å². The number of aromatic nitrogens is 2. The summed E-state index contributed by atoms with van der Waals surface area (Å²) in [5.74, 6) is 1.54. The first-order valence-corrected chi connectivity index (χ1v) is 10.6. The topological polar surface area (TPSA) is 79.4 Å². The molecule has 0 atom stereocenters. The molecule has 6 nitrogen and oxygen atoms in total. The Morgan fingerprint density at radius 2 is 1.64 bits per heavy atom. The number of benzene rings is 3. The minimum atomic E-state index is -0.309. The third-order valence-corrected chi connectivity index (χ3v) is 5.78. The highest BCUT2D eigenvalue weighted by Gasteiger charge is 2.16. The molecule has 7 heteroatoms. The highest BCUT2D eigenvalue weighted by atomic mass is 19.1. The Labute approximate surface area is 191 Å². The number of fused-ring (bicyclic) bond motifs is 1. The smallest absolute Gasteiger partial charge is 0.261 e. The molecule has 0 aliphatic rings. The lowest BCUT2D eigenvalue weighted by Gasteiger charge is -2.16. The number of rotatable bonds is 6. The van der Waals surface area contributed by atoms with E-state index in [0.717, 1.165) is 27.8 Å². The fourth-order valence-electron chi connectivity index (χ4n) is 4.07. The monoisotopic (exact) mass is 447 g/mol. The Morgan fingerprint density at radius 1 is 0.939 bits per heavy atom. The minimum absolute atomic E-state index is 0.171. The molecular formula is C26H26FN3O3. The van der Waals surface area contributed by atoms with Crippen LogP contribution in [-0.4, -0.2) is 23.8 Å². The second-order valence-corrected chi connectivity index (χ2v) is 7.97. The van der Waals surface area contributed by atoms with Crippen LogP contribution in [0.2, 0.25) is 0 Å². The molecule has 0 fully saturated rings. The van der Waals surface area contributed by atoms with Gasteiger partial charge in [0.25, 0.3) is 5.56 Å². The SMILES string of the molecule is COc1cc(Cn2c(C)nc3c(-c4ccc(F)cc4C)cc(CN)cc3c2=O)cc(OC)c1. The van der Waals surface area contributed by atoms with Gasteiger partial charge in [0.15, 0.2) is 0 Å². The Bertz CT molecular complexity index is 1390. The molecule has 0 amide bonds. The molecule has 1 aromatic heterocycles. The average molecular weight is 448 g/mol. The van der Waals surface area contributed by atoms with Gasteiger partial charge in [-0.25, -0.2) is 9.37 Å². The van der Waals surface area contributed by atoms with Gasteiger partial charge in [-0.1, -0.05) is 6.07 Å². The first kappa shape index (κ1) is 22.5. The van der Waals surface area contributed by atoms with Gasteiger partial charge < -0.3 is 15.2 Å². The van der Waals surface area contributed by atoms with Gasteiger partial charge in [-0.3, -0.25) is 9.36 Å². The summed E-state index contributed by atoms with van der Waals surface area (Å²) in [7, 11) is 3.17. The zero-order valence-corrected chi connectivity index (χ0v) is 19.1. The molecule has 0 unspecified atom stereocenters. The van der Waals surface area contributed by atoms with Crippen molar-refractivity contribution < 1.29 is 13.9 Å². The van der Waals surface area contributed by atoms with Gasteiger partial charge in [-0.2, -0.15) is 0 Å². The number of methoxy groups -OCH3 is 2. The second kappa shape index (κ2) is 9.03. The molecule has 0 spiro atoms. The van der Waals surface area contributed by atoms with E-state index in [1.54, 1.807) is 43.9 Å². The van der Waals surface area contributed by atoms with Crippen LogP contribution in [0.4, 0.5) is 4.39 Å². The Kier molecular flexibility index (Phi) is 6.16. The lowest BCUT2D eigenvalue weighted by molar-refractivity contribution is 0.393. The molecule has 0 aliphatic carbocycles. The van der Waals surface area contributed by atoms with Crippen molar-refractivity contribution in [1.82, 2.24) is 9.55 Å². The number of nitrogens with zero attached hydrogens (tertiary/aromatic N) is 2. The minimum Gasteiger partial charge on any atom is -0.497 e. The lowest BCUT2D eigenvalue weighted by Crippen LogP contribution is -2.25. The maximum Gasteiger partial charge on any atom is 0.261 e. The van der Waals surface area contributed by atoms with Crippen molar-refractivity contribution in [1.29, 1.82) is 0 Å². The van der Waals surface area contributed by atoms with Crippen molar-refractivity contribution in [2.75, 3.05) is 14.2 Å². The van der Waals surface area contributed by atoms with Gasteiger partial charge in [0.1, 0.15) is 23.1 Å². The molecule has 0 saturated carbocycles. The van der Waals surface area contributed by atoms with Gasteiger partial charge >= 0.3 is 0 Å². The van der Waals surface area contributed by atoms with Crippen LogP contribution < -0.4 is 20.8 Å². The zero-order valence-electron chi connectivity index (χ0n) is 19.1. The molecule has 4 aromatic rings. The number of aryl methyl sites for hydroxylation is 2. The summed E-state index contributed by atoms with van der Waals surface area (Å²) in [5, 5.41) is 0.470. The van der Waals surface area contributed by atoms with Crippen molar-refractivity contribution in [3.05, 3.63) is 87.2 Å². The van der Waals surface area contributed by atoms with Crippen LogP contribution in [0.5, 0.6) is 11.5 Å². The number of hydrogen-bond acceptors (Lipinski definition) is 5. The lowest BCUT2D eigenvalue weighted by atomic mass is 9.96. The van der Waals surface area contributed by atoms with Gasteiger partial charge in [0, 0.05) is 18.2 Å². The summed E-state index contributed by atoms with van der Waals surface area (Å²) < 4.78 is 26.0. The van der Waals surface area contributed by atoms with E-state index in [1.807, 2.05) is 25.1 Å². The Morgan fingerprint density at radius 3 is 2.24 bits per heavy atom. The van der Waals surface area contributed by atoms with Crippen molar-refractivity contribution in [2.45, 2.75) is 26.9 Å². The summed E-state index contributed by atoms with van der Waals surface area (Å²) >= 11 is 0. The van der Waals surface area contributed by atoms with Crippen LogP contribution in [0.15, 0.2) is 53.3 Å². The van der Waals surface area contributed by atoms with Gasteiger partial charge in [0.2, 0.25) is 0 Å². The fraction of sp³-hybridized carbons (Fsp3) is 0.231. The van der Waals surface area contributed by atoms with E-state index in [2.05, 4.69) is 0 Å². The largest absolute Gasteiger partial charge is 0.497 e. The van der Waals surface area contributed by atoms with Crippen molar-refractivity contribution in [2.24, 2.45) is 5.73 Å². The molecule has 0 saturated heterocycles. The Hall–Kier alpha value is -3.71. The highest BCUT2D eigenvalue weighted by molar-refractivity contribution is 5.94. The van der Waals surface area contributed by atoms with Crippen LogP contribution in [0.3, 0.4) is 0 Å². The summed E-state index contributed by atoms with van der Waals surface area (Å²) in [6.07, 6.45) is 0. The molecular weight excluding hydrogens is 421 g/mol. The van der Waals surface area contributed by atoms with Crippen molar-refractivity contribution >= 4 is 10.9 Å². The standard InChI is InChI=1S/C26H26FN3O3/c1-15-7-19(27)5-6-22(15)23-10-17(13-28)11-24-25(23)29-16(2)30(26(24)31)14-18-8-20(32-3)12-21(9-18)33-4/h5-12H,13-14,28H2,1-4H3. The van der Waals surface area contributed by atoms with Crippen molar-refractivity contribution in [3.63, 3.8) is 0 Å².